The van der Waals surface area contributed by atoms with Crippen LogP contribution in [0.1, 0.15) is 11.4 Å². The van der Waals surface area contributed by atoms with E-state index in [1.54, 1.807) is 30.5 Å². The maximum atomic E-state index is 6.13. The highest BCUT2D eigenvalue weighted by Crippen LogP contribution is 2.27. The van der Waals surface area contributed by atoms with Crippen LogP contribution in [0.2, 0.25) is 10.0 Å². The molecule has 5 nitrogen and oxygen atoms in total. The van der Waals surface area contributed by atoms with Gasteiger partial charge in [-0.25, -0.2) is 0 Å². The Labute approximate surface area is 130 Å². The molecule has 2 N–H and O–H groups in total. The summed E-state index contributed by atoms with van der Waals surface area (Å²) in [6.07, 6.45) is 3.53. The SMILES string of the molecule is Nc1cnccc1-c1nc(Cc2c(Cl)cccc2Cl)no1. The van der Waals surface area contributed by atoms with Gasteiger partial charge in [-0.15, -0.1) is 0 Å². The Bertz CT molecular complexity index is 768. The van der Waals surface area contributed by atoms with Crippen LogP contribution in [-0.4, -0.2) is 15.1 Å². The zero-order chi connectivity index (χ0) is 14.8. The standard InChI is InChI=1S/C14H10Cl2N4O/c15-10-2-1-3-11(16)9(10)6-13-19-14(21-20-13)8-4-5-18-7-12(8)17/h1-5,7H,6,17H2. The molecule has 7 heteroatoms. The zero-order valence-electron chi connectivity index (χ0n) is 10.8. The molecule has 0 aliphatic heterocycles. The third kappa shape index (κ3) is 2.84. The van der Waals surface area contributed by atoms with E-state index in [-0.39, 0.29) is 0 Å². The Kier molecular flexibility index (Phi) is 3.77. The summed E-state index contributed by atoms with van der Waals surface area (Å²) in [5.41, 5.74) is 7.71. The minimum absolute atomic E-state index is 0.341. The molecule has 21 heavy (non-hydrogen) atoms. The highest BCUT2D eigenvalue weighted by atomic mass is 35.5. The summed E-state index contributed by atoms with van der Waals surface area (Å²) in [6, 6.07) is 7.04. The lowest BCUT2D eigenvalue weighted by molar-refractivity contribution is 0.424. The summed E-state index contributed by atoms with van der Waals surface area (Å²) in [5, 5.41) is 5.07. The summed E-state index contributed by atoms with van der Waals surface area (Å²) >= 11 is 12.3. The number of nitrogens with zero attached hydrogens (tertiary/aromatic N) is 3. The third-order valence-electron chi connectivity index (χ3n) is 2.95. The molecule has 2 aromatic heterocycles. The van der Waals surface area contributed by atoms with Gasteiger partial charge in [0, 0.05) is 22.7 Å². The number of hydrogen-bond acceptors (Lipinski definition) is 5. The second kappa shape index (κ2) is 5.71. The van der Waals surface area contributed by atoms with Gasteiger partial charge in [-0.3, -0.25) is 4.98 Å². The molecular formula is C14H10Cl2N4O. The minimum Gasteiger partial charge on any atom is -0.397 e. The van der Waals surface area contributed by atoms with Crippen molar-refractivity contribution in [3.63, 3.8) is 0 Å². The van der Waals surface area contributed by atoms with Gasteiger partial charge in [0.15, 0.2) is 5.82 Å². The van der Waals surface area contributed by atoms with Crippen molar-refractivity contribution in [2.45, 2.75) is 6.42 Å². The smallest absolute Gasteiger partial charge is 0.260 e. The Morgan fingerprint density at radius 2 is 1.90 bits per heavy atom. The first-order valence-electron chi connectivity index (χ1n) is 6.10. The van der Waals surface area contributed by atoms with E-state index in [0.29, 0.717) is 39.4 Å². The number of anilines is 1. The van der Waals surface area contributed by atoms with E-state index in [2.05, 4.69) is 15.1 Å². The maximum absolute atomic E-state index is 6.13. The fraction of sp³-hybridized carbons (Fsp3) is 0.0714. The predicted octanol–water partition coefficient (Wildman–Crippen LogP) is 3.61. The summed E-state index contributed by atoms with van der Waals surface area (Å²) in [4.78, 5) is 8.23. The normalized spacial score (nSPS) is 10.8. The van der Waals surface area contributed by atoms with E-state index in [1.165, 1.54) is 6.20 Å². The third-order valence-corrected chi connectivity index (χ3v) is 3.66. The van der Waals surface area contributed by atoms with E-state index in [4.69, 9.17) is 33.5 Å². The van der Waals surface area contributed by atoms with Crippen molar-refractivity contribution in [1.82, 2.24) is 15.1 Å². The van der Waals surface area contributed by atoms with Gasteiger partial charge in [0.2, 0.25) is 0 Å². The Hall–Kier alpha value is -2.11. The average molecular weight is 321 g/mol. The van der Waals surface area contributed by atoms with Gasteiger partial charge in [-0.1, -0.05) is 34.4 Å². The first-order chi connectivity index (χ1) is 10.1. The molecule has 0 atom stereocenters. The fourth-order valence-corrected chi connectivity index (χ4v) is 2.43. The Morgan fingerprint density at radius 1 is 1.14 bits per heavy atom. The number of aromatic nitrogens is 3. The van der Waals surface area contributed by atoms with Crippen molar-refractivity contribution >= 4 is 28.9 Å². The predicted molar refractivity (Wildman–Crippen MR) is 81.2 cm³/mol. The van der Waals surface area contributed by atoms with Crippen molar-refractivity contribution in [2.24, 2.45) is 0 Å². The zero-order valence-corrected chi connectivity index (χ0v) is 12.3. The van der Waals surface area contributed by atoms with Crippen molar-refractivity contribution in [2.75, 3.05) is 5.73 Å². The molecule has 3 aromatic rings. The molecule has 0 amide bonds. The lowest BCUT2D eigenvalue weighted by Gasteiger charge is -2.03. The van der Waals surface area contributed by atoms with E-state index < -0.39 is 0 Å². The van der Waals surface area contributed by atoms with E-state index in [0.717, 1.165) is 5.56 Å². The molecule has 0 spiro atoms. The lowest BCUT2D eigenvalue weighted by atomic mass is 10.1. The molecule has 2 heterocycles. The number of nitrogen functional groups attached to an aromatic ring is 1. The Balaban J connectivity index is 1.91. The number of benzene rings is 1. The van der Waals surface area contributed by atoms with Crippen molar-refractivity contribution < 1.29 is 4.52 Å². The molecule has 0 aliphatic carbocycles. The molecular weight excluding hydrogens is 311 g/mol. The van der Waals surface area contributed by atoms with Crippen LogP contribution in [0.15, 0.2) is 41.2 Å². The Morgan fingerprint density at radius 3 is 2.62 bits per heavy atom. The van der Waals surface area contributed by atoms with E-state index in [1.807, 2.05) is 0 Å². The summed E-state index contributed by atoms with van der Waals surface area (Å²) in [7, 11) is 0. The fourth-order valence-electron chi connectivity index (χ4n) is 1.90. The van der Waals surface area contributed by atoms with E-state index in [9.17, 15) is 0 Å². The second-order valence-corrected chi connectivity index (χ2v) is 5.17. The average Bonchev–Trinajstić information content (AvgIpc) is 2.92. The number of hydrogen-bond donors (Lipinski definition) is 1. The van der Waals surface area contributed by atoms with Crippen LogP contribution < -0.4 is 5.73 Å². The van der Waals surface area contributed by atoms with Crippen molar-refractivity contribution in [1.29, 1.82) is 0 Å². The molecule has 0 saturated heterocycles. The van der Waals surface area contributed by atoms with Crippen LogP contribution in [0, 0.1) is 0 Å². The van der Waals surface area contributed by atoms with Crippen LogP contribution in [0.25, 0.3) is 11.5 Å². The first kappa shape index (κ1) is 13.9. The molecule has 106 valence electrons. The molecule has 0 bridgehead atoms. The monoisotopic (exact) mass is 320 g/mol. The number of nitrogens with two attached hydrogens (primary N) is 1. The van der Waals surface area contributed by atoms with Crippen LogP contribution in [0.5, 0.6) is 0 Å². The quantitative estimate of drug-likeness (QED) is 0.797. The van der Waals surface area contributed by atoms with Gasteiger partial charge in [0.25, 0.3) is 5.89 Å². The molecule has 0 fully saturated rings. The van der Waals surface area contributed by atoms with E-state index >= 15 is 0 Å². The van der Waals surface area contributed by atoms with Gasteiger partial charge in [0.1, 0.15) is 0 Å². The molecule has 0 radical (unpaired) electrons. The van der Waals surface area contributed by atoms with Crippen LogP contribution >= 0.6 is 23.2 Å². The van der Waals surface area contributed by atoms with Gasteiger partial charge < -0.3 is 10.3 Å². The topological polar surface area (TPSA) is 77.8 Å². The largest absolute Gasteiger partial charge is 0.397 e. The van der Waals surface area contributed by atoms with Gasteiger partial charge in [-0.2, -0.15) is 4.98 Å². The number of halogens is 2. The number of pyridine rings is 1. The first-order valence-corrected chi connectivity index (χ1v) is 6.86. The summed E-state index contributed by atoms with van der Waals surface area (Å²) in [6.45, 7) is 0. The summed E-state index contributed by atoms with van der Waals surface area (Å²) < 4.78 is 5.23. The van der Waals surface area contributed by atoms with Crippen molar-refractivity contribution in [3.05, 3.63) is 58.1 Å². The highest BCUT2D eigenvalue weighted by Gasteiger charge is 2.14. The molecule has 3 rings (SSSR count). The van der Waals surface area contributed by atoms with Crippen LogP contribution in [0.3, 0.4) is 0 Å². The second-order valence-electron chi connectivity index (χ2n) is 4.36. The van der Waals surface area contributed by atoms with Gasteiger partial charge in [-0.05, 0) is 23.8 Å². The van der Waals surface area contributed by atoms with Crippen molar-refractivity contribution in [3.8, 4) is 11.5 Å². The molecule has 0 unspecified atom stereocenters. The minimum atomic E-state index is 0.341. The van der Waals surface area contributed by atoms with Crippen LogP contribution in [0.4, 0.5) is 5.69 Å². The lowest BCUT2D eigenvalue weighted by Crippen LogP contribution is -1.94. The van der Waals surface area contributed by atoms with Gasteiger partial charge >= 0.3 is 0 Å². The summed E-state index contributed by atoms with van der Waals surface area (Å²) in [5.74, 6) is 0.823. The molecule has 1 aromatic carbocycles. The maximum Gasteiger partial charge on any atom is 0.260 e. The highest BCUT2D eigenvalue weighted by molar-refractivity contribution is 6.36. The molecule has 0 saturated carbocycles. The molecule has 0 aliphatic rings. The van der Waals surface area contributed by atoms with Gasteiger partial charge in [0.05, 0.1) is 17.4 Å². The number of rotatable bonds is 3. The van der Waals surface area contributed by atoms with Crippen LogP contribution in [-0.2, 0) is 6.42 Å².